The molecule has 1 N–H and O–H groups in total. The number of nitrogens with zero attached hydrogens (tertiary/aromatic N) is 1. The van der Waals surface area contributed by atoms with Crippen LogP contribution in [0.5, 0.6) is 0 Å². The first-order valence-corrected chi connectivity index (χ1v) is 6.60. The van der Waals surface area contributed by atoms with Crippen molar-refractivity contribution in [2.24, 2.45) is 0 Å². The van der Waals surface area contributed by atoms with E-state index >= 15 is 0 Å². The molecule has 3 aromatic rings. The van der Waals surface area contributed by atoms with Gasteiger partial charge < -0.3 is 0 Å². The number of nitrogens with one attached hydrogen (secondary N) is 1. The maximum Gasteiger partial charge on any atom is 0.0929 e. The lowest BCUT2D eigenvalue weighted by atomic mass is 9.91. The zero-order valence-corrected chi connectivity index (χ0v) is 11.6. The van der Waals surface area contributed by atoms with Crippen molar-refractivity contribution in [1.82, 2.24) is 10.2 Å². The van der Waals surface area contributed by atoms with Gasteiger partial charge in [-0.3, -0.25) is 5.10 Å². The average Bonchev–Trinajstić information content (AvgIpc) is 2.87. The van der Waals surface area contributed by atoms with Crippen LogP contribution in [-0.2, 0) is 5.41 Å². The molecular formula is C17H18N2. The van der Waals surface area contributed by atoms with Gasteiger partial charge in [-0.25, -0.2) is 0 Å². The van der Waals surface area contributed by atoms with E-state index in [1.54, 1.807) is 0 Å². The molecule has 3 rings (SSSR count). The summed E-state index contributed by atoms with van der Waals surface area (Å²) in [5.74, 6) is 0. The monoisotopic (exact) mass is 250 g/mol. The summed E-state index contributed by atoms with van der Waals surface area (Å²) in [6, 6.07) is 16.9. The molecule has 1 heterocycles. The molecule has 0 bridgehead atoms. The van der Waals surface area contributed by atoms with Crippen LogP contribution in [-0.4, -0.2) is 10.2 Å². The number of hydrogen-bond acceptors (Lipinski definition) is 1. The maximum atomic E-state index is 4.48. The zero-order chi connectivity index (χ0) is 13.5. The molecule has 2 nitrogen and oxygen atoms in total. The van der Waals surface area contributed by atoms with E-state index in [-0.39, 0.29) is 5.41 Å². The lowest BCUT2D eigenvalue weighted by molar-refractivity contribution is 0.567. The predicted molar refractivity (Wildman–Crippen MR) is 80.2 cm³/mol. The Labute approximate surface area is 113 Å². The van der Waals surface area contributed by atoms with Gasteiger partial charge in [0.1, 0.15) is 0 Å². The third-order valence-electron chi connectivity index (χ3n) is 3.45. The van der Waals surface area contributed by atoms with Gasteiger partial charge in [-0.2, -0.15) is 5.10 Å². The molecule has 1 aromatic heterocycles. The number of fused-ring (bicyclic) bond motifs is 1. The van der Waals surface area contributed by atoms with E-state index in [9.17, 15) is 0 Å². The van der Waals surface area contributed by atoms with Gasteiger partial charge in [0.05, 0.1) is 5.69 Å². The van der Waals surface area contributed by atoms with Crippen LogP contribution < -0.4 is 0 Å². The van der Waals surface area contributed by atoms with Crippen molar-refractivity contribution in [2.45, 2.75) is 26.2 Å². The topological polar surface area (TPSA) is 28.7 Å². The van der Waals surface area contributed by atoms with Crippen LogP contribution in [0.1, 0.15) is 26.5 Å². The van der Waals surface area contributed by atoms with Crippen LogP contribution in [0.3, 0.4) is 0 Å². The van der Waals surface area contributed by atoms with Gasteiger partial charge in [-0.1, -0.05) is 63.2 Å². The van der Waals surface area contributed by atoms with Crippen LogP contribution in [0.4, 0.5) is 0 Å². The third-order valence-corrected chi connectivity index (χ3v) is 3.45. The number of H-pyrrole nitrogens is 1. The number of rotatable bonds is 1. The van der Waals surface area contributed by atoms with Gasteiger partial charge in [0.15, 0.2) is 0 Å². The number of benzene rings is 2. The summed E-state index contributed by atoms with van der Waals surface area (Å²) in [6.45, 7) is 6.56. The molecule has 0 spiro atoms. The van der Waals surface area contributed by atoms with E-state index in [0.29, 0.717) is 0 Å². The van der Waals surface area contributed by atoms with E-state index in [2.05, 4.69) is 79.5 Å². The zero-order valence-electron chi connectivity index (χ0n) is 11.6. The van der Waals surface area contributed by atoms with Gasteiger partial charge in [0.25, 0.3) is 0 Å². The maximum absolute atomic E-state index is 4.48. The predicted octanol–water partition coefficient (Wildman–Crippen LogP) is 4.53. The average molecular weight is 250 g/mol. The van der Waals surface area contributed by atoms with Gasteiger partial charge in [0, 0.05) is 16.7 Å². The second-order valence-corrected chi connectivity index (χ2v) is 5.94. The number of hydrogen-bond donors (Lipinski definition) is 1. The van der Waals surface area contributed by atoms with Crippen molar-refractivity contribution in [3.8, 4) is 11.3 Å². The van der Waals surface area contributed by atoms with Crippen molar-refractivity contribution in [2.75, 3.05) is 0 Å². The first-order valence-electron chi connectivity index (χ1n) is 6.60. The number of aromatic nitrogens is 2. The summed E-state index contributed by atoms with van der Waals surface area (Å²) < 4.78 is 0. The normalized spacial score (nSPS) is 11.9. The summed E-state index contributed by atoms with van der Waals surface area (Å²) in [4.78, 5) is 0. The lowest BCUT2D eigenvalue weighted by Crippen LogP contribution is -2.11. The summed E-state index contributed by atoms with van der Waals surface area (Å²) in [7, 11) is 0. The van der Waals surface area contributed by atoms with Crippen LogP contribution in [0.15, 0.2) is 48.5 Å². The molecule has 0 aliphatic heterocycles. The Morgan fingerprint density at radius 2 is 1.68 bits per heavy atom. The molecule has 2 heteroatoms. The Balaban J connectivity index is 2.17. The van der Waals surface area contributed by atoms with Crippen molar-refractivity contribution < 1.29 is 0 Å². The Morgan fingerprint density at radius 1 is 0.947 bits per heavy atom. The summed E-state index contributed by atoms with van der Waals surface area (Å²) >= 11 is 0. The molecule has 0 radical (unpaired) electrons. The first kappa shape index (κ1) is 12.0. The highest BCUT2D eigenvalue weighted by Crippen LogP contribution is 2.30. The molecule has 0 amide bonds. The second-order valence-electron chi connectivity index (χ2n) is 5.94. The molecule has 19 heavy (non-hydrogen) atoms. The molecule has 0 unspecified atom stereocenters. The molecule has 0 saturated carbocycles. The fourth-order valence-electron chi connectivity index (χ4n) is 2.29. The molecule has 0 saturated heterocycles. The van der Waals surface area contributed by atoms with Crippen molar-refractivity contribution in [1.29, 1.82) is 0 Å². The van der Waals surface area contributed by atoms with E-state index in [1.165, 1.54) is 16.3 Å². The van der Waals surface area contributed by atoms with Crippen molar-refractivity contribution in [3.63, 3.8) is 0 Å². The highest BCUT2D eigenvalue weighted by atomic mass is 15.1. The highest BCUT2D eigenvalue weighted by Gasteiger charge is 2.17. The Bertz CT molecular complexity index is 712. The van der Waals surface area contributed by atoms with Crippen LogP contribution in [0.2, 0.25) is 0 Å². The SMILES string of the molecule is CC(C)(C)c1cc(-c2cccc3ccccc23)n[nH]1. The Morgan fingerprint density at radius 3 is 2.42 bits per heavy atom. The van der Waals surface area contributed by atoms with Gasteiger partial charge >= 0.3 is 0 Å². The molecule has 0 atom stereocenters. The molecule has 0 aliphatic carbocycles. The Hall–Kier alpha value is -2.09. The largest absolute Gasteiger partial charge is 0.281 e. The smallest absolute Gasteiger partial charge is 0.0929 e. The van der Waals surface area contributed by atoms with Crippen LogP contribution in [0.25, 0.3) is 22.0 Å². The van der Waals surface area contributed by atoms with Crippen LogP contribution in [0, 0.1) is 0 Å². The Kier molecular flexibility index (Phi) is 2.67. The highest BCUT2D eigenvalue weighted by molar-refractivity contribution is 5.95. The first-order chi connectivity index (χ1) is 9.05. The van der Waals surface area contributed by atoms with Gasteiger partial charge in [-0.15, -0.1) is 0 Å². The number of aromatic amines is 1. The van der Waals surface area contributed by atoms with E-state index in [1.807, 2.05) is 0 Å². The molecule has 2 aromatic carbocycles. The van der Waals surface area contributed by atoms with E-state index < -0.39 is 0 Å². The van der Waals surface area contributed by atoms with Crippen molar-refractivity contribution >= 4 is 10.8 Å². The summed E-state index contributed by atoms with van der Waals surface area (Å²) in [5.41, 5.74) is 3.46. The molecule has 96 valence electrons. The van der Waals surface area contributed by atoms with Gasteiger partial charge in [0.2, 0.25) is 0 Å². The molecule has 0 fully saturated rings. The summed E-state index contributed by atoms with van der Waals surface area (Å²) in [6.07, 6.45) is 0. The molecular weight excluding hydrogens is 232 g/mol. The quantitative estimate of drug-likeness (QED) is 0.675. The fourth-order valence-corrected chi connectivity index (χ4v) is 2.29. The summed E-state index contributed by atoms with van der Waals surface area (Å²) in [5, 5.41) is 10.1. The van der Waals surface area contributed by atoms with Gasteiger partial charge in [-0.05, 0) is 16.8 Å². The van der Waals surface area contributed by atoms with E-state index in [0.717, 1.165) is 11.4 Å². The molecule has 0 aliphatic rings. The minimum absolute atomic E-state index is 0.0931. The fraction of sp³-hybridized carbons (Fsp3) is 0.235. The second kappa shape index (κ2) is 4.23. The van der Waals surface area contributed by atoms with Crippen molar-refractivity contribution in [3.05, 3.63) is 54.2 Å². The van der Waals surface area contributed by atoms with E-state index in [4.69, 9.17) is 0 Å². The van der Waals surface area contributed by atoms with Crippen LogP contribution >= 0.6 is 0 Å². The standard InChI is InChI=1S/C17H18N2/c1-17(2,3)16-11-15(18-19-16)14-10-6-8-12-7-4-5-9-13(12)14/h4-11H,1-3H3,(H,18,19). The minimum atomic E-state index is 0.0931. The third kappa shape index (κ3) is 2.14. The lowest BCUT2D eigenvalue weighted by Gasteiger charge is -2.14. The minimum Gasteiger partial charge on any atom is -0.281 e.